The summed E-state index contributed by atoms with van der Waals surface area (Å²) >= 11 is 2.26. The maximum Gasteiger partial charge on any atom is 0.227 e. The number of amides is 1. The fourth-order valence-electron chi connectivity index (χ4n) is 2.20. The van der Waals surface area contributed by atoms with Gasteiger partial charge in [0.05, 0.1) is 0 Å². The van der Waals surface area contributed by atoms with E-state index in [0.29, 0.717) is 17.9 Å². The van der Waals surface area contributed by atoms with E-state index in [1.54, 1.807) is 0 Å². The maximum absolute atomic E-state index is 11.7. The fraction of sp³-hybridized carbons (Fsp3) is 0.176. The van der Waals surface area contributed by atoms with Crippen LogP contribution in [0.3, 0.4) is 0 Å². The van der Waals surface area contributed by atoms with Crippen molar-refractivity contribution in [3.05, 3.63) is 46.0 Å². The minimum absolute atomic E-state index is 0.0168. The van der Waals surface area contributed by atoms with E-state index in [2.05, 4.69) is 32.9 Å². The Bertz CT molecular complexity index is 826. The van der Waals surface area contributed by atoms with Crippen LogP contribution >= 0.6 is 22.6 Å². The van der Waals surface area contributed by atoms with Crippen molar-refractivity contribution in [2.24, 2.45) is 0 Å². The summed E-state index contributed by atoms with van der Waals surface area (Å²) in [6, 6.07) is 13.5. The predicted octanol–water partition coefficient (Wildman–Crippen LogP) is 4.84. The molecule has 0 aliphatic carbocycles. The molecule has 1 N–H and O–H groups in total. The standard InChI is InChI=1S/C17H15IN2O2/c1-2-4-16(21)19-13-7-8-15-14(10-13)20-17(22-15)11-5-3-6-12(18)9-11/h3,5-10H,2,4H2,1H3,(H,19,21). The molecule has 0 radical (unpaired) electrons. The zero-order chi connectivity index (χ0) is 15.5. The van der Waals surface area contributed by atoms with Crippen LogP contribution in [0.4, 0.5) is 5.69 Å². The Hall–Kier alpha value is -1.89. The van der Waals surface area contributed by atoms with Crippen molar-refractivity contribution < 1.29 is 9.21 Å². The number of fused-ring (bicyclic) bond motifs is 1. The lowest BCUT2D eigenvalue weighted by molar-refractivity contribution is -0.116. The van der Waals surface area contributed by atoms with Gasteiger partial charge in [-0.2, -0.15) is 0 Å². The van der Waals surface area contributed by atoms with Gasteiger partial charge in [0, 0.05) is 21.2 Å². The highest BCUT2D eigenvalue weighted by molar-refractivity contribution is 14.1. The number of oxazole rings is 1. The molecule has 2 aromatic carbocycles. The molecule has 0 aliphatic heterocycles. The van der Waals surface area contributed by atoms with Crippen molar-refractivity contribution in [2.45, 2.75) is 19.8 Å². The molecule has 0 atom stereocenters. The van der Waals surface area contributed by atoms with Gasteiger partial charge in [-0.25, -0.2) is 4.98 Å². The Morgan fingerprint density at radius 3 is 2.91 bits per heavy atom. The van der Waals surface area contributed by atoms with Gasteiger partial charge in [-0.15, -0.1) is 0 Å². The van der Waals surface area contributed by atoms with Crippen LogP contribution in [0, 0.1) is 3.57 Å². The van der Waals surface area contributed by atoms with Crippen LogP contribution in [-0.4, -0.2) is 10.9 Å². The van der Waals surface area contributed by atoms with E-state index >= 15 is 0 Å². The third kappa shape index (κ3) is 3.30. The zero-order valence-corrected chi connectivity index (χ0v) is 14.3. The summed E-state index contributed by atoms with van der Waals surface area (Å²) in [4.78, 5) is 16.2. The molecular weight excluding hydrogens is 391 g/mol. The van der Waals surface area contributed by atoms with Gasteiger partial charge in [0.2, 0.25) is 11.8 Å². The van der Waals surface area contributed by atoms with E-state index in [1.165, 1.54) is 0 Å². The van der Waals surface area contributed by atoms with Gasteiger partial charge >= 0.3 is 0 Å². The molecule has 0 saturated heterocycles. The predicted molar refractivity (Wildman–Crippen MR) is 95.7 cm³/mol. The average Bonchev–Trinajstić information content (AvgIpc) is 2.90. The lowest BCUT2D eigenvalue weighted by Crippen LogP contribution is -2.10. The first-order valence-electron chi connectivity index (χ1n) is 7.12. The quantitative estimate of drug-likeness (QED) is 0.631. The molecule has 0 bridgehead atoms. The highest BCUT2D eigenvalue weighted by Crippen LogP contribution is 2.27. The van der Waals surface area contributed by atoms with Crippen LogP contribution in [-0.2, 0) is 4.79 Å². The number of nitrogens with zero attached hydrogens (tertiary/aromatic N) is 1. The molecule has 22 heavy (non-hydrogen) atoms. The van der Waals surface area contributed by atoms with Crippen LogP contribution < -0.4 is 5.32 Å². The number of carbonyl (C=O) groups excluding carboxylic acids is 1. The van der Waals surface area contributed by atoms with Gasteiger partial charge in [0.15, 0.2) is 5.58 Å². The van der Waals surface area contributed by atoms with Crippen LogP contribution in [0.25, 0.3) is 22.6 Å². The summed E-state index contributed by atoms with van der Waals surface area (Å²) in [6.07, 6.45) is 1.35. The third-order valence-electron chi connectivity index (χ3n) is 3.22. The monoisotopic (exact) mass is 406 g/mol. The molecule has 0 unspecified atom stereocenters. The lowest BCUT2D eigenvalue weighted by atomic mass is 10.2. The largest absolute Gasteiger partial charge is 0.436 e. The Morgan fingerprint density at radius 1 is 1.27 bits per heavy atom. The summed E-state index contributed by atoms with van der Waals surface area (Å²) in [6.45, 7) is 1.98. The van der Waals surface area contributed by atoms with E-state index in [1.807, 2.05) is 49.4 Å². The number of halogens is 1. The van der Waals surface area contributed by atoms with Gasteiger partial charge in [-0.1, -0.05) is 13.0 Å². The maximum atomic E-state index is 11.7. The first-order valence-corrected chi connectivity index (χ1v) is 8.20. The minimum atomic E-state index is 0.0168. The van der Waals surface area contributed by atoms with Crippen LogP contribution in [0.15, 0.2) is 46.9 Å². The molecule has 0 spiro atoms. The van der Waals surface area contributed by atoms with Crippen molar-refractivity contribution in [2.75, 3.05) is 5.32 Å². The van der Waals surface area contributed by atoms with Crippen LogP contribution in [0.1, 0.15) is 19.8 Å². The Morgan fingerprint density at radius 2 is 2.14 bits per heavy atom. The number of benzene rings is 2. The second-order valence-electron chi connectivity index (χ2n) is 5.01. The first kappa shape index (κ1) is 15.0. The molecule has 1 heterocycles. The second-order valence-corrected chi connectivity index (χ2v) is 6.26. The number of aromatic nitrogens is 1. The highest BCUT2D eigenvalue weighted by Gasteiger charge is 2.10. The number of carbonyl (C=O) groups is 1. The SMILES string of the molecule is CCCC(=O)Nc1ccc2oc(-c3cccc(I)c3)nc2c1. The van der Waals surface area contributed by atoms with E-state index in [9.17, 15) is 4.79 Å². The topological polar surface area (TPSA) is 55.1 Å². The van der Waals surface area contributed by atoms with E-state index < -0.39 is 0 Å². The van der Waals surface area contributed by atoms with Crippen molar-refractivity contribution in [3.8, 4) is 11.5 Å². The van der Waals surface area contributed by atoms with Gasteiger partial charge < -0.3 is 9.73 Å². The number of anilines is 1. The molecule has 3 aromatic rings. The molecule has 0 saturated carbocycles. The molecule has 1 aromatic heterocycles. The summed E-state index contributed by atoms with van der Waals surface area (Å²) in [5, 5.41) is 2.87. The molecular formula is C17H15IN2O2. The molecule has 112 valence electrons. The van der Waals surface area contributed by atoms with E-state index in [4.69, 9.17) is 4.42 Å². The summed E-state index contributed by atoms with van der Waals surface area (Å²) < 4.78 is 6.92. The molecule has 5 heteroatoms. The average molecular weight is 406 g/mol. The summed E-state index contributed by atoms with van der Waals surface area (Å²) in [5.41, 5.74) is 3.14. The molecule has 4 nitrogen and oxygen atoms in total. The van der Waals surface area contributed by atoms with Crippen LogP contribution in [0.5, 0.6) is 0 Å². The van der Waals surface area contributed by atoms with Crippen molar-refractivity contribution >= 4 is 45.3 Å². The number of hydrogen-bond donors (Lipinski definition) is 1. The smallest absolute Gasteiger partial charge is 0.227 e. The minimum Gasteiger partial charge on any atom is -0.436 e. The molecule has 3 rings (SSSR count). The zero-order valence-electron chi connectivity index (χ0n) is 12.1. The Labute approximate surface area is 142 Å². The molecule has 0 aliphatic rings. The van der Waals surface area contributed by atoms with Gasteiger partial charge in [0.25, 0.3) is 0 Å². The Kier molecular flexibility index (Phi) is 4.42. The third-order valence-corrected chi connectivity index (χ3v) is 3.89. The Balaban J connectivity index is 1.92. The van der Waals surface area contributed by atoms with E-state index in [-0.39, 0.29) is 5.91 Å². The summed E-state index contributed by atoms with van der Waals surface area (Å²) in [7, 11) is 0. The fourth-order valence-corrected chi connectivity index (χ4v) is 2.74. The van der Waals surface area contributed by atoms with E-state index in [0.717, 1.165) is 26.8 Å². The first-order chi connectivity index (χ1) is 10.7. The highest BCUT2D eigenvalue weighted by atomic mass is 127. The molecule has 0 fully saturated rings. The van der Waals surface area contributed by atoms with Crippen molar-refractivity contribution in [3.63, 3.8) is 0 Å². The lowest BCUT2D eigenvalue weighted by Gasteiger charge is -2.02. The number of rotatable bonds is 4. The number of hydrogen-bond acceptors (Lipinski definition) is 3. The van der Waals surface area contributed by atoms with Crippen molar-refractivity contribution in [1.29, 1.82) is 0 Å². The van der Waals surface area contributed by atoms with Gasteiger partial charge in [-0.05, 0) is 65.4 Å². The summed E-state index contributed by atoms with van der Waals surface area (Å²) in [5.74, 6) is 0.605. The number of nitrogens with one attached hydrogen (secondary N) is 1. The van der Waals surface area contributed by atoms with Crippen LogP contribution in [0.2, 0.25) is 0 Å². The van der Waals surface area contributed by atoms with Crippen molar-refractivity contribution in [1.82, 2.24) is 4.98 Å². The molecule has 1 amide bonds. The second kappa shape index (κ2) is 6.48. The van der Waals surface area contributed by atoms with Gasteiger partial charge in [0.1, 0.15) is 5.52 Å². The van der Waals surface area contributed by atoms with Gasteiger partial charge in [-0.3, -0.25) is 4.79 Å². The normalized spacial score (nSPS) is 10.8.